The third-order valence-corrected chi connectivity index (χ3v) is 1.86. The Morgan fingerprint density at radius 1 is 1.25 bits per heavy atom. The van der Waals surface area contributed by atoms with E-state index in [1.165, 1.54) is 18.4 Å². The Labute approximate surface area is 97.7 Å². The summed E-state index contributed by atoms with van der Waals surface area (Å²) >= 11 is 0. The normalized spacial score (nSPS) is 10.5. The van der Waals surface area contributed by atoms with Gasteiger partial charge < -0.3 is 0 Å². The molecule has 0 radical (unpaired) electrons. The van der Waals surface area contributed by atoms with E-state index in [0.717, 1.165) is 6.54 Å². The smallest absolute Gasteiger partial charge is 0.261 e. The largest absolute Gasteiger partial charge is 0.286 e. The summed E-state index contributed by atoms with van der Waals surface area (Å²) in [4.78, 5) is 0. The molecule has 16 heavy (non-hydrogen) atoms. The van der Waals surface area contributed by atoms with Crippen LogP contribution in [0.2, 0.25) is 0 Å². The number of aryl methyl sites for hydroxylation is 2. The summed E-state index contributed by atoms with van der Waals surface area (Å²) in [5.74, 6) is 0. The number of hydrogen-bond donors (Lipinski definition) is 1. The minimum Gasteiger partial charge on any atom is -0.286 e. The highest BCUT2D eigenvalue weighted by atomic mass is 32.2. The SMILES string of the molecule is CCCc1cc[n+](CC)cc1.CS(=O)(=O)O. The second kappa shape index (κ2) is 7.35. The molecule has 0 bridgehead atoms. The van der Waals surface area contributed by atoms with Crippen LogP contribution in [0.25, 0.3) is 0 Å². The minimum atomic E-state index is -3.67. The van der Waals surface area contributed by atoms with Gasteiger partial charge in [-0.1, -0.05) is 13.3 Å². The standard InChI is InChI=1S/C10H16N.CH4O3S/c1-3-5-10-6-8-11(4-2)9-7-10;1-5(2,3)4/h6-9H,3-5H2,1-2H3;1H3,(H,2,3,4)/q+1;. The first kappa shape index (κ1) is 15.1. The molecule has 0 aliphatic rings. The summed E-state index contributed by atoms with van der Waals surface area (Å²) in [7, 11) is -3.67. The third-order valence-electron chi connectivity index (χ3n) is 1.86. The van der Waals surface area contributed by atoms with Crippen LogP contribution in [0.4, 0.5) is 0 Å². The van der Waals surface area contributed by atoms with Crippen molar-refractivity contribution in [3.63, 3.8) is 0 Å². The quantitative estimate of drug-likeness (QED) is 0.648. The van der Waals surface area contributed by atoms with Crippen molar-refractivity contribution < 1.29 is 17.5 Å². The van der Waals surface area contributed by atoms with E-state index in [1.54, 1.807) is 0 Å². The predicted octanol–water partition coefficient (Wildman–Crippen LogP) is 1.45. The van der Waals surface area contributed by atoms with Gasteiger partial charge in [-0.3, -0.25) is 4.55 Å². The van der Waals surface area contributed by atoms with E-state index < -0.39 is 10.1 Å². The first-order chi connectivity index (χ1) is 7.36. The molecule has 4 nitrogen and oxygen atoms in total. The Morgan fingerprint density at radius 2 is 1.69 bits per heavy atom. The summed E-state index contributed by atoms with van der Waals surface area (Å²) in [6.07, 6.45) is 7.43. The van der Waals surface area contributed by atoms with Crippen molar-refractivity contribution in [2.45, 2.75) is 33.2 Å². The van der Waals surface area contributed by atoms with Crippen LogP contribution in [-0.2, 0) is 23.1 Å². The minimum absolute atomic E-state index is 0.715. The zero-order valence-electron chi connectivity index (χ0n) is 10.0. The van der Waals surface area contributed by atoms with Gasteiger partial charge in [0.1, 0.15) is 6.54 Å². The molecule has 1 aromatic heterocycles. The van der Waals surface area contributed by atoms with Crippen molar-refractivity contribution in [3.05, 3.63) is 30.1 Å². The molecule has 1 N–H and O–H groups in total. The van der Waals surface area contributed by atoms with Crippen LogP contribution in [-0.4, -0.2) is 19.2 Å². The maximum absolute atomic E-state index is 9.19. The molecule has 0 spiro atoms. The fourth-order valence-corrected chi connectivity index (χ4v) is 1.15. The number of aromatic nitrogens is 1. The number of nitrogens with zero attached hydrogens (tertiary/aromatic N) is 1. The van der Waals surface area contributed by atoms with Gasteiger partial charge in [0.2, 0.25) is 0 Å². The number of pyridine rings is 1. The van der Waals surface area contributed by atoms with Crippen LogP contribution in [0.3, 0.4) is 0 Å². The van der Waals surface area contributed by atoms with Gasteiger partial charge in [0.25, 0.3) is 10.1 Å². The fourth-order valence-electron chi connectivity index (χ4n) is 1.15. The molecule has 0 amide bonds. The van der Waals surface area contributed by atoms with E-state index >= 15 is 0 Å². The molecule has 1 aromatic rings. The van der Waals surface area contributed by atoms with E-state index in [4.69, 9.17) is 4.55 Å². The maximum Gasteiger partial charge on any atom is 0.261 e. The molecule has 0 aromatic carbocycles. The first-order valence-corrected chi connectivity index (χ1v) is 7.12. The van der Waals surface area contributed by atoms with Gasteiger partial charge in [-0.15, -0.1) is 0 Å². The van der Waals surface area contributed by atoms with Crippen molar-refractivity contribution in [1.29, 1.82) is 0 Å². The van der Waals surface area contributed by atoms with Crippen molar-refractivity contribution in [2.24, 2.45) is 0 Å². The second-order valence-electron chi connectivity index (χ2n) is 3.52. The second-order valence-corrected chi connectivity index (χ2v) is 4.99. The summed E-state index contributed by atoms with van der Waals surface area (Å²) < 4.78 is 28.0. The van der Waals surface area contributed by atoms with E-state index in [1.807, 2.05) is 0 Å². The fraction of sp³-hybridized carbons (Fsp3) is 0.545. The van der Waals surface area contributed by atoms with E-state index in [9.17, 15) is 8.42 Å². The average molecular weight is 246 g/mol. The molecular formula is C11H20NO3S+. The summed E-state index contributed by atoms with van der Waals surface area (Å²) in [6, 6.07) is 4.40. The molecule has 0 fully saturated rings. The Morgan fingerprint density at radius 3 is 2.00 bits per heavy atom. The van der Waals surface area contributed by atoms with Gasteiger partial charge in [0.15, 0.2) is 12.4 Å². The predicted molar refractivity (Wildman–Crippen MR) is 63.8 cm³/mol. The van der Waals surface area contributed by atoms with Crippen LogP contribution in [0.15, 0.2) is 24.5 Å². The zero-order valence-corrected chi connectivity index (χ0v) is 10.9. The average Bonchev–Trinajstić information content (AvgIpc) is 2.17. The molecule has 0 aliphatic heterocycles. The van der Waals surface area contributed by atoms with Crippen molar-refractivity contribution in [2.75, 3.05) is 6.26 Å². The van der Waals surface area contributed by atoms with E-state index in [0.29, 0.717) is 6.26 Å². The van der Waals surface area contributed by atoms with Crippen LogP contribution in [0.1, 0.15) is 25.8 Å². The highest BCUT2D eigenvalue weighted by Crippen LogP contribution is 1.98. The van der Waals surface area contributed by atoms with Crippen molar-refractivity contribution >= 4 is 10.1 Å². The maximum atomic E-state index is 9.19. The Bertz CT molecular complexity index is 376. The molecule has 0 atom stereocenters. The van der Waals surface area contributed by atoms with Gasteiger partial charge in [-0.25, -0.2) is 4.57 Å². The molecular weight excluding hydrogens is 226 g/mol. The zero-order chi connectivity index (χ0) is 12.6. The molecule has 5 heteroatoms. The van der Waals surface area contributed by atoms with Crippen LogP contribution in [0, 0.1) is 0 Å². The van der Waals surface area contributed by atoms with E-state index in [-0.39, 0.29) is 0 Å². The van der Waals surface area contributed by atoms with Gasteiger partial charge in [-0.2, -0.15) is 8.42 Å². The Kier molecular flexibility index (Phi) is 6.92. The highest BCUT2D eigenvalue weighted by molar-refractivity contribution is 7.85. The van der Waals surface area contributed by atoms with Gasteiger partial charge in [-0.05, 0) is 18.9 Å². The summed E-state index contributed by atoms with van der Waals surface area (Å²) in [5.41, 5.74) is 1.44. The number of rotatable bonds is 3. The molecule has 0 saturated carbocycles. The highest BCUT2D eigenvalue weighted by Gasteiger charge is 1.95. The van der Waals surface area contributed by atoms with Crippen LogP contribution < -0.4 is 4.57 Å². The summed E-state index contributed by atoms with van der Waals surface area (Å²) in [6.45, 7) is 5.42. The Hall–Kier alpha value is -0.940. The lowest BCUT2D eigenvalue weighted by molar-refractivity contribution is -0.693. The molecule has 1 heterocycles. The number of hydrogen-bond acceptors (Lipinski definition) is 2. The molecule has 1 rings (SSSR count). The van der Waals surface area contributed by atoms with Crippen LogP contribution in [0.5, 0.6) is 0 Å². The third kappa shape index (κ3) is 9.61. The molecule has 92 valence electrons. The lowest BCUT2D eigenvalue weighted by Crippen LogP contribution is -2.30. The van der Waals surface area contributed by atoms with Crippen molar-refractivity contribution in [3.8, 4) is 0 Å². The molecule has 0 aliphatic carbocycles. The van der Waals surface area contributed by atoms with Gasteiger partial charge >= 0.3 is 0 Å². The van der Waals surface area contributed by atoms with Gasteiger partial charge in [0, 0.05) is 12.1 Å². The van der Waals surface area contributed by atoms with Crippen molar-refractivity contribution in [1.82, 2.24) is 0 Å². The monoisotopic (exact) mass is 246 g/mol. The topological polar surface area (TPSA) is 58.2 Å². The lowest BCUT2D eigenvalue weighted by Gasteiger charge is -1.95. The van der Waals surface area contributed by atoms with E-state index in [2.05, 4.69) is 42.9 Å². The Balaban J connectivity index is 0.000000385. The van der Waals surface area contributed by atoms with Crippen LogP contribution >= 0.6 is 0 Å². The lowest BCUT2D eigenvalue weighted by atomic mass is 10.2. The summed E-state index contributed by atoms with van der Waals surface area (Å²) in [5, 5.41) is 0. The molecule has 0 unspecified atom stereocenters. The van der Waals surface area contributed by atoms with Gasteiger partial charge in [0.05, 0.1) is 6.26 Å². The molecule has 0 saturated heterocycles. The first-order valence-electron chi connectivity index (χ1n) is 5.27.